The number of fused-ring (bicyclic) bond motifs is 1. The van der Waals surface area contributed by atoms with Gasteiger partial charge in [-0.3, -0.25) is 0 Å². The highest BCUT2D eigenvalue weighted by Crippen LogP contribution is 2.37. The molecule has 0 atom stereocenters. The van der Waals surface area contributed by atoms with Crippen LogP contribution in [0.5, 0.6) is 0 Å². The first kappa shape index (κ1) is 10.4. The van der Waals surface area contributed by atoms with Crippen molar-refractivity contribution in [1.82, 2.24) is 0 Å². The third kappa shape index (κ3) is 1.58. The van der Waals surface area contributed by atoms with E-state index in [9.17, 15) is 0 Å². The number of hydrogen-bond donors (Lipinski definition) is 1. The summed E-state index contributed by atoms with van der Waals surface area (Å²) in [5.74, 6) is 0. The fraction of sp³-hybridized carbons (Fsp3) is 0.273. The van der Waals surface area contributed by atoms with Crippen LogP contribution in [0.25, 0.3) is 10.1 Å². The second-order valence-corrected chi connectivity index (χ2v) is 5.28. The summed E-state index contributed by atoms with van der Waals surface area (Å²) in [5.41, 5.74) is 1.34. The molecule has 0 bridgehead atoms. The maximum atomic E-state index is 4.60. The van der Waals surface area contributed by atoms with E-state index in [2.05, 4.69) is 43.3 Å². The SMILES string of the molecule is CCc1ccc2c(SC)csc2c1S. The van der Waals surface area contributed by atoms with Gasteiger partial charge in [-0.2, -0.15) is 0 Å². The Bertz CT molecular complexity index is 457. The van der Waals surface area contributed by atoms with Crippen LogP contribution in [0.15, 0.2) is 27.3 Å². The van der Waals surface area contributed by atoms with Crippen molar-refractivity contribution in [1.29, 1.82) is 0 Å². The van der Waals surface area contributed by atoms with Gasteiger partial charge in [0, 0.05) is 25.3 Å². The molecule has 0 spiro atoms. The molecule has 0 amide bonds. The van der Waals surface area contributed by atoms with Gasteiger partial charge in [-0.05, 0) is 18.2 Å². The van der Waals surface area contributed by atoms with E-state index in [1.165, 1.54) is 20.5 Å². The van der Waals surface area contributed by atoms with Gasteiger partial charge in [0.1, 0.15) is 0 Å². The smallest absolute Gasteiger partial charge is 0.0490 e. The van der Waals surface area contributed by atoms with Crippen molar-refractivity contribution in [3.63, 3.8) is 0 Å². The van der Waals surface area contributed by atoms with E-state index >= 15 is 0 Å². The van der Waals surface area contributed by atoms with Crippen LogP contribution in [0.2, 0.25) is 0 Å². The van der Waals surface area contributed by atoms with Crippen LogP contribution < -0.4 is 0 Å². The molecule has 1 aromatic heterocycles. The normalized spacial score (nSPS) is 11.1. The molecule has 1 aromatic carbocycles. The van der Waals surface area contributed by atoms with Gasteiger partial charge >= 0.3 is 0 Å². The van der Waals surface area contributed by atoms with Crippen LogP contribution in [0.3, 0.4) is 0 Å². The molecule has 0 aliphatic carbocycles. The first-order valence-electron chi connectivity index (χ1n) is 4.54. The van der Waals surface area contributed by atoms with Crippen molar-refractivity contribution >= 4 is 45.8 Å². The summed E-state index contributed by atoms with van der Waals surface area (Å²) in [6.07, 6.45) is 3.18. The zero-order chi connectivity index (χ0) is 10.1. The Kier molecular flexibility index (Phi) is 3.10. The predicted molar refractivity (Wildman–Crippen MR) is 70.2 cm³/mol. The number of aryl methyl sites for hydroxylation is 1. The summed E-state index contributed by atoms with van der Waals surface area (Å²) in [6, 6.07) is 4.41. The summed E-state index contributed by atoms with van der Waals surface area (Å²) in [6.45, 7) is 2.17. The Morgan fingerprint density at radius 1 is 1.43 bits per heavy atom. The molecule has 0 aliphatic rings. The van der Waals surface area contributed by atoms with Crippen LogP contribution in [-0.2, 0) is 6.42 Å². The lowest BCUT2D eigenvalue weighted by molar-refractivity contribution is 1.10. The van der Waals surface area contributed by atoms with Crippen molar-refractivity contribution in [3.8, 4) is 0 Å². The van der Waals surface area contributed by atoms with Gasteiger partial charge in [-0.25, -0.2) is 0 Å². The van der Waals surface area contributed by atoms with Gasteiger partial charge in [-0.15, -0.1) is 35.7 Å². The van der Waals surface area contributed by atoms with Crippen molar-refractivity contribution in [3.05, 3.63) is 23.1 Å². The maximum Gasteiger partial charge on any atom is 0.0490 e. The minimum Gasteiger partial charge on any atom is -0.142 e. The van der Waals surface area contributed by atoms with Crippen molar-refractivity contribution in [2.45, 2.75) is 23.1 Å². The highest BCUT2D eigenvalue weighted by molar-refractivity contribution is 7.99. The summed E-state index contributed by atoms with van der Waals surface area (Å²) in [7, 11) is 0. The molecule has 0 aliphatic heterocycles. The Hall–Kier alpha value is -0.120. The van der Waals surface area contributed by atoms with E-state index in [1.807, 2.05) is 0 Å². The third-order valence-corrected chi connectivity index (χ3v) is 4.97. The molecule has 2 rings (SSSR count). The fourth-order valence-corrected chi connectivity index (χ4v) is 3.94. The molecule has 0 saturated carbocycles. The molecule has 2 aromatic rings. The Labute approximate surface area is 98.1 Å². The minimum atomic E-state index is 1.06. The van der Waals surface area contributed by atoms with Crippen LogP contribution >= 0.6 is 35.7 Å². The topological polar surface area (TPSA) is 0 Å². The number of benzene rings is 1. The molecule has 1 heterocycles. The van der Waals surface area contributed by atoms with Crippen LogP contribution in [0, 0.1) is 0 Å². The van der Waals surface area contributed by atoms with Gasteiger partial charge in [-0.1, -0.05) is 19.1 Å². The molecule has 0 unspecified atom stereocenters. The highest BCUT2D eigenvalue weighted by atomic mass is 32.2. The van der Waals surface area contributed by atoms with E-state index in [4.69, 9.17) is 0 Å². The van der Waals surface area contributed by atoms with Gasteiger partial charge in [0.25, 0.3) is 0 Å². The highest BCUT2D eigenvalue weighted by Gasteiger charge is 2.08. The average Bonchev–Trinajstić information content (AvgIpc) is 2.62. The lowest BCUT2D eigenvalue weighted by Crippen LogP contribution is -1.82. The number of thiol groups is 1. The molecular formula is C11H12S3. The second-order valence-electron chi connectivity index (χ2n) is 3.11. The first-order chi connectivity index (χ1) is 6.77. The fourth-order valence-electron chi connectivity index (χ4n) is 1.54. The minimum absolute atomic E-state index is 1.06. The van der Waals surface area contributed by atoms with E-state index in [0.717, 1.165) is 11.3 Å². The van der Waals surface area contributed by atoms with E-state index in [0.29, 0.717) is 0 Å². The molecule has 0 fully saturated rings. The zero-order valence-corrected chi connectivity index (χ0v) is 10.7. The summed E-state index contributed by atoms with van der Waals surface area (Å²) in [4.78, 5) is 2.53. The monoisotopic (exact) mass is 240 g/mol. The average molecular weight is 240 g/mol. The quantitative estimate of drug-likeness (QED) is 0.597. The van der Waals surface area contributed by atoms with Gasteiger partial charge in [0.15, 0.2) is 0 Å². The number of rotatable bonds is 2. The molecule has 14 heavy (non-hydrogen) atoms. The Morgan fingerprint density at radius 2 is 2.21 bits per heavy atom. The van der Waals surface area contributed by atoms with Crippen molar-refractivity contribution < 1.29 is 0 Å². The van der Waals surface area contributed by atoms with Gasteiger partial charge in [0.2, 0.25) is 0 Å². The number of hydrogen-bond acceptors (Lipinski definition) is 3. The predicted octanol–water partition coefficient (Wildman–Crippen LogP) is 4.47. The van der Waals surface area contributed by atoms with E-state index < -0.39 is 0 Å². The van der Waals surface area contributed by atoms with Crippen molar-refractivity contribution in [2.24, 2.45) is 0 Å². The lowest BCUT2D eigenvalue weighted by Gasteiger charge is -2.03. The van der Waals surface area contributed by atoms with E-state index in [-0.39, 0.29) is 0 Å². The molecule has 0 radical (unpaired) electrons. The van der Waals surface area contributed by atoms with Crippen LogP contribution in [0.1, 0.15) is 12.5 Å². The van der Waals surface area contributed by atoms with Crippen LogP contribution in [0.4, 0.5) is 0 Å². The van der Waals surface area contributed by atoms with Gasteiger partial charge < -0.3 is 0 Å². The van der Waals surface area contributed by atoms with E-state index in [1.54, 1.807) is 23.1 Å². The van der Waals surface area contributed by atoms with Crippen molar-refractivity contribution in [2.75, 3.05) is 6.26 Å². The molecule has 74 valence electrons. The molecule has 0 N–H and O–H groups in total. The number of thiophene rings is 1. The Morgan fingerprint density at radius 3 is 2.86 bits per heavy atom. The molecule has 3 heteroatoms. The summed E-state index contributed by atoms with van der Waals surface area (Å²) < 4.78 is 1.33. The standard InChI is InChI=1S/C11H12S3/c1-3-7-4-5-8-9(13-2)6-14-11(8)10(7)12/h4-6,12H,3H2,1-2H3. The van der Waals surface area contributed by atoms with Gasteiger partial charge in [0.05, 0.1) is 0 Å². The zero-order valence-electron chi connectivity index (χ0n) is 8.20. The van der Waals surface area contributed by atoms with Crippen LogP contribution in [-0.4, -0.2) is 6.26 Å². The summed E-state index contributed by atoms with van der Waals surface area (Å²) >= 11 is 8.20. The maximum absolute atomic E-state index is 4.60. The second kappa shape index (κ2) is 4.17. The Balaban J connectivity index is 2.72. The first-order valence-corrected chi connectivity index (χ1v) is 7.09. The summed E-state index contributed by atoms with van der Waals surface area (Å²) in [5, 5.41) is 3.57. The largest absolute Gasteiger partial charge is 0.142 e. The third-order valence-electron chi connectivity index (χ3n) is 2.37. The molecule has 0 nitrogen and oxygen atoms in total. The molecular weight excluding hydrogens is 228 g/mol. The molecule has 0 saturated heterocycles. The number of thioether (sulfide) groups is 1. The lowest BCUT2D eigenvalue weighted by atomic mass is 10.1.